The molecule has 0 spiro atoms. The second-order valence-corrected chi connectivity index (χ2v) is 9.15. The van der Waals surface area contributed by atoms with E-state index in [4.69, 9.17) is 0 Å². The van der Waals surface area contributed by atoms with Crippen LogP contribution in [0.4, 0.5) is 5.69 Å². The number of carbonyl (C=O) groups is 1. The lowest BCUT2D eigenvalue weighted by atomic mass is 9.69. The highest BCUT2D eigenvalue weighted by Gasteiger charge is 2.63. The van der Waals surface area contributed by atoms with Crippen LogP contribution < -0.4 is 4.72 Å². The number of para-hydroxylation sites is 1. The SMILES string of the molecule is Cc1ccccc1NS(=O)(=O)C1C(=O)C2CC1C(C)(C)C2C. The average Bonchev–Trinajstić information content (AvgIpc) is 2.88. The molecule has 4 atom stereocenters. The third-order valence-electron chi connectivity index (χ3n) is 5.98. The number of rotatable bonds is 3. The molecule has 4 unspecified atom stereocenters. The number of nitrogens with one attached hydrogen (secondary N) is 1. The second kappa shape index (κ2) is 4.82. The largest absolute Gasteiger partial charge is 0.298 e. The first-order valence-electron chi connectivity index (χ1n) is 7.77. The Morgan fingerprint density at radius 1 is 1.23 bits per heavy atom. The number of anilines is 1. The van der Waals surface area contributed by atoms with Gasteiger partial charge in [0, 0.05) is 5.92 Å². The number of aryl methyl sites for hydroxylation is 1. The lowest BCUT2D eigenvalue weighted by Gasteiger charge is -2.39. The van der Waals surface area contributed by atoms with Crippen LogP contribution in [-0.4, -0.2) is 19.5 Å². The fourth-order valence-corrected chi connectivity index (χ4v) is 6.23. The summed E-state index contributed by atoms with van der Waals surface area (Å²) in [4.78, 5) is 12.6. The van der Waals surface area contributed by atoms with E-state index in [0.29, 0.717) is 12.1 Å². The van der Waals surface area contributed by atoms with Gasteiger partial charge in [-0.2, -0.15) is 0 Å². The standard InChI is InChI=1S/C17H23NO3S/c1-10-7-5-6-8-14(10)18-22(20,21)16-13-9-12(15(16)19)11(2)17(13,3)4/h5-8,11-13,16,18H,9H2,1-4H3. The maximum Gasteiger partial charge on any atom is 0.243 e. The van der Waals surface area contributed by atoms with Crippen molar-refractivity contribution in [2.45, 2.75) is 39.4 Å². The summed E-state index contributed by atoms with van der Waals surface area (Å²) >= 11 is 0. The molecule has 2 saturated carbocycles. The highest BCUT2D eigenvalue weighted by Crippen LogP contribution is 2.59. The summed E-state index contributed by atoms with van der Waals surface area (Å²) in [6.07, 6.45) is 0.701. The molecule has 2 aliphatic carbocycles. The van der Waals surface area contributed by atoms with Crippen molar-refractivity contribution in [2.75, 3.05) is 4.72 Å². The fourth-order valence-electron chi connectivity index (χ4n) is 4.20. The number of hydrogen-bond acceptors (Lipinski definition) is 3. The Balaban J connectivity index is 1.94. The van der Waals surface area contributed by atoms with Crippen molar-refractivity contribution in [1.29, 1.82) is 0 Å². The highest BCUT2D eigenvalue weighted by atomic mass is 32.2. The molecule has 3 rings (SSSR count). The van der Waals surface area contributed by atoms with Gasteiger partial charge in [-0.05, 0) is 42.2 Å². The third-order valence-corrected chi connectivity index (χ3v) is 7.72. The van der Waals surface area contributed by atoms with Gasteiger partial charge >= 0.3 is 0 Å². The van der Waals surface area contributed by atoms with Crippen molar-refractivity contribution in [3.05, 3.63) is 29.8 Å². The van der Waals surface area contributed by atoms with E-state index in [1.165, 1.54) is 0 Å². The molecule has 2 bridgehead atoms. The summed E-state index contributed by atoms with van der Waals surface area (Å²) in [6.45, 7) is 8.10. The molecule has 1 aromatic rings. The minimum Gasteiger partial charge on any atom is -0.298 e. The summed E-state index contributed by atoms with van der Waals surface area (Å²) in [7, 11) is -3.71. The molecule has 2 aliphatic rings. The predicted molar refractivity (Wildman–Crippen MR) is 87.1 cm³/mol. The van der Waals surface area contributed by atoms with Gasteiger partial charge in [0.05, 0.1) is 5.69 Å². The normalized spacial score (nSPS) is 33.2. The molecule has 0 aromatic heterocycles. The van der Waals surface area contributed by atoms with Gasteiger partial charge in [0.1, 0.15) is 5.25 Å². The van der Waals surface area contributed by atoms with E-state index < -0.39 is 15.3 Å². The van der Waals surface area contributed by atoms with Crippen LogP contribution in [0.2, 0.25) is 0 Å². The van der Waals surface area contributed by atoms with Crippen molar-refractivity contribution in [1.82, 2.24) is 0 Å². The number of fused-ring (bicyclic) bond motifs is 2. The molecule has 2 fully saturated rings. The zero-order valence-electron chi connectivity index (χ0n) is 13.5. The van der Waals surface area contributed by atoms with E-state index in [1.807, 2.05) is 19.1 Å². The number of sulfonamides is 1. The Morgan fingerprint density at radius 3 is 2.45 bits per heavy atom. The van der Waals surface area contributed by atoms with Gasteiger partial charge < -0.3 is 0 Å². The van der Waals surface area contributed by atoms with E-state index in [1.54, 1.807) is 12.1 Å². The summed E-state index contributed by atoms with van der Waals surface area (Å²) in [5.74, 6) is -0.0622. The topological polar surface area (TPSA) is 63.2 Å². The molecule has 4 nitrogen and oxygen atoms in total. The minimum absolute atomic E-state index is 0.0958. The monoisotopic (exact) mass is 321 g/mol. The number of carbonyl (C=O) groups excluding carboxylic acids is 1. The predicted octanol–water partition coefficient (Wildman–Crippen LogP) is 2.99. The maximum atomic E-state index is 12.8. The Hall–Kier alpha value is -1.36. The number of benzene rings is 1. The molecular formula is C17H23NO3S. The van der Waals surface area contributed by atoms with Crippen LogP contribution in [0.15, 0.2) is 24.3 Å². The lowest BCUT2D eigenvalue weighted by Crippen LogP contribution is -2.48. The van der Waals surface area contributed by atoms with Gasteiger partial charge in [0.25, 0.3) is 0 Å². The minimum atomic E-state index is -3.71. The smallest absolute Gasteiger partial charge is 0.243 e. The Kier molecular flexibility index (Phi) is 3.40. The molecule has 120 valence electrons. The van der Waals surface area contributed by atoms with Crippen LogP contribution in [-0.2, 0) is 14.8 Å². The Labute approximate surface area is 132 Å². The van der Waals surface area contributed by atoms with Crippen LogP contribution in [0.3, 0.4) is 0 Å². The number of Topliss-reactive ketones (excluding diaryl/α,β-unsaturated/α-hetero) is 1. The zero-order valence-corrected chi connectivity index (χ0v) is 14.3. The van der Waals surface area contributed by atoms with Crippen LogP contribution in [0.5, 0.6) is 0 Å². The average molecular weight is 321 g/mol. The van der Waals surface area contributed by atoms with Crippen LogP contribution >= 0.6 is 0 Å². The third kappa shape index (κ3) is 2.09. The van der Waals surface area contributed by atoms with Gasteiger partial charge in [-0.25, -0.2) is 8.42 Å². The van der Waals surface area contributed by atoms with Crippen molar-refractivity contribution < 1.29 is 13.2 Å². The summed E-state index contributed by atoms with van der Waals surface area (Å²) in [5.41, 5.74) is 1.29. The molecule has 1 N–H and O–H groups in total. The molecule has 0 heterocycles. The van der Waals surface area contributed by atoms with Gasteiger partial charge in [0.2, 0.25) is 10.0 Å². The zero-order chi connectivity index (χ0) is 16.3. The molecule has 0 saturated heterocycles. The van der Waals surface area contributed by atoms with E-state index in [9.17, 15) is 13.2 Å². The first-order valence-corrected chi connectivity index (χ1v) is 9.32. The van der Waals surface area contributed by atoms with Gasteiger partial charge in [-0.1, -0.05) is 39.0 Å². The fraction of sp³-hybridized carbons (Fsp3) is 0.588. The van der Waals surface area contributed by atoms with Crippen molar-refractivity contribution >= 4 is 21.5 Å². The quantitative estimate of drug-likeness (QED) is 0.931. The Morgan fingerprint density at radius 2 is 1.86 bits per heavy atom. The highest BCUT2D eigenvalue weighted by molar-refractivity contribution is 7.94. The van der Waals surface area contributed by atoms with Gasteiger partial charge in [0.15, 0.2) is 5.78 Å². The van der Waals surface area contributed by atoms with E-state index in [-0.39, 0.29) is 29.0 Å². The molecular weight excluding hydrogens is 298 g/mol. The van der Waals surface area contributed by atoms with Gasteiger partial charge in [-0.15, -0.1) is 0 Å². The van der Waals surface area contributed by atoms with E-state index in [2.05, 4.69) is 25.5 Å². The van der Waals surface area contributed by atoms with Crippen LogP contribution in [0.25, 0.3) is 0 Å². The van der Waals surface area contributed by atoms with Crippen molar-refractivity contribution in [2.24, 2.45) is 23.2 Å². The molecule has 0 radical (unpaired) electrons. The maximum absolute atomic E-state index is 12.8. The molecule has 22 heavy (non-hydrogen) atoms. The van der Waals surface area contributed by atoms with Crippen molar-refractivity contribution in [3.63, 3.8) is 0 Å². The molecule has 0 aliphatic heterocycles. The number of hydrogen-bond donors (Lipinski definition) is 1. The molecule has 5 heteroatoms. The number of ketones is 1. The summed E-state index contributed by atoms with van der Waals surface area (Å²) in [5, 5.41) is -0.914. The second-order valence-electron chi connectivity index (χ2n) is 7.34. The van der Waals surface area contributed by atoms with Crippen LogP contribution in [0, 0.1) is 30.1 Å². The van der Waals surface area contributed by atoms with Gasteiger partial charge in [-0.3, -0.25) is 9.52 Å². The Bertz CT molecular complexity index is 723. The first kappa shape index (κ1) is 15.5. The lowest BCUT2D eigenvalue weighted by molar-refractivity contribution is -0.125. The van der Waals surface area contributed by atoms with Crippen molar-refractivity contribution in [3.8, 4) is 0 Å². The summed E-state index contributed by atoms with van der Waals surface area (Å²) < 4.78 is 28.3. The van der Waals surface area contributed by atoms with E-state index >= 15 is 0 Å². The molecule has 1 aromatic carbocycles. The molecule has 0 amide bonds. The van der Waals surface area contributed by atoms with Crippen LogP contribution in [0.1, 0.15) is 32.8 Å². The van der Waals surface area contributed by atoms with E-state index in [0.717, 1.165) is 5.56 Å². The summed E-state index contributed by atoms with van der Waals surface area (Å²) in [6, 6.07) is 7.24. The first-order chi connectivity index (χ1) is 10.2.